The highest BCUT2D eigenvalue weighted by Gasteiger charge is 2.42. The van der Waals surface area contributed by atoms with E-state index in [1.165, 1.54) is 37.8 Å². The Hall–Kier alpha value is -8.77. The number of hydrogen-bond acceptors (Lipinski definition) is 17. The first kappa shape index (κ1) is 69.5. The van der Waals surface area contributed by atoms with Crippen LogP contribution in [0.5, 0.6) is 5.75 Å². The Bertz CT molecular complexity index is 2680. The number of nitrogens with one attached hydrogen (secondary N) is 9. The van der Waals surface area contributed by atoms with Gasteiger partial charge in [-0.05, 0) is 74.6 Å². The van der Waals surface area contributed by atoms with Crippen LogP contribution in [-0.2, 0) is 75.2 Å². The van der Waals surface area contributed by atoms with Crippen molar-refractivity contribution < 1.29 is 87.9 Å². The molecule has 18 N–H and O–H groups in total. The standard InChI is InChI=1S/C54H78N12O18/c1-26(2)42(51(80)57-24-40(71)59-37(25-67)49(78)60-34(18-19-41(72)73)47(76)58-28(5)45(74)62-36(54(83)84)22-30-11-8-7-9-12-30)63-48(77)35(23-39(56)70)61-52(81)44(29(6)68)65-50(79)38-13-10-20-66(38)53(82)43(27(3)4)64-46(75)33(55)21-31-14-16-32(69)17-15-31/h7-9,11-12,14-17,26-29,33-38,42-44,67-69H,10,13,18-25,55H2,1-6H3,(H2,56,70)(H,57,80)(H,58,76)(H,59,71)(H,60,78)(H,61,81)(H,62,74)(H,63,77)(H,64,75)(H,65,79)(H,72,73)(H,83,84)/t28-,29+,33-,34-,35+,36-,37-,38-,42-,43-,44-/m0/s1. The topological polar surface area (TPSA) is 487 Å². The van der Waals surface area contributed by atoms with Crippen molar-refractivity contribution in [1.29, 1.82) is 0 Å². The molecule has 0 aliphatic carbocycles. The number of nitrogens with zero attached hydrogens (tertiary/aromatic N) is 1. The molecule has 462 valence electrons. The molecule has 1 aliphatic heterocycles. The Morgan fingerprint density at radius 1 is 0.607 bits per heavy atom. The first-order valence-electron chi connectivity index (χ1n) is 27.0. The van der Waals surface area contributed by atoms with E-state index in [0.717, 1.165) is 6.92 Å². The summed E-state index contributed by atoms with van der Waals surface area (Å²) in [4.78, 5) is 171. The molecule has 1 fully saturated rings. The summed E-state index contributed by atoms with van der Waals surface area (Å²) >= 11 is 0. The molecule has 11 amide bonds. The lowest BCUT2D eigenvalue weighted by molar-refractivity contribution is -0.143. The molecule has 3 rings (SSSR count). The fraction of sp³-hybridized carbons (Fsp3) is 0.537. The van der Waals surface area contributed by atoms with E-state index in [4.69, 9.17) is 11.5 Å². The zero-order valence-corrected chi connectivity index (χ0v) is 47.4. The van der Waals surface area contributed by atoms with Crippen molar-refractivity contribution in [1.82, 2.24) is 52.8 Å². The lowest BCUT2D eigenvalue weighted by Crippen LogP contribution is -2.62. The van der Waals surface area contributed by atoms with Gasteiger partial charge in [-0.15, -0.1) is 0 Å². The summed E-state index contributed by atoms with van der Waals surface area (Å²) in [5, 5.41) is 70.2. The summed E-state index contributed by atoms with van der Waals surface area (Å²) in [6.45, 7) is 6.73. The van der Waals surface area contributed by atoms with Crippen LogP contribution in [0.25, 0.3) is 0 Å². The van der Waals surface area contributed by atoms with Gasteiger partial charge in [0.25, 0.3) is 0 Å². The molecule has 84 heavy (non-hydrogen) atoms. The molecular formula is C54H78N12O18. The molecule has 30 heteroatoms. The molecule has 1 heterocycles. The van der Waals surface area contributed by atoms with E-state index in [1.54, 1.807) is 56.3 Å². The average Bonchev–Trinajstić information content (AvgIpc) is 3.57. The lowest BCUT2D eigenvalue weighted by Gasteiger charge is -2.32. The van der Waals surface area contributed by atoms with E-state index in [2.05, 4.69) is 47.9 Å². The summed E-state index contributed by atoms with van der Waals surface area (Å²) in [5.41, 5.74) is 12.8. The minimum absolute atomic E-state index is 0.0194. The number of carboxylic acid groups (broad SMARTS) is 2. The van der Waals surface area contributed by atoms with Crippen LogP contribution in [0, 0.1) is 11.8 Å². The van der Waals surface area contributed by atoms with Gasteiger partial charge in [-0.25, -0.2) is 4.79 Å². The number of phenols is 1. The molecular weight excluding hydrogens is 1100 g/mol. The highest BCUT2D eigenvalue weighted by molar-refractivity contribution is 5.99. The van der Waals surface area contributed by atoms with E-state index in [-0.39, 0.29) is 31.6 Å². The normalized spacial score (nSPS) is 16.5. The summed E-state index contributed by atoms with van der Waals surface area (Å²) in [6.07, 6.45) is -3.30. The Morgan fingerprint density at radius 3 is 1.73 bits per heavy atom. The quantitative estimate of drug-likeness (QED) is 0.0318. The molecule has 0 unspecified atom stereocenters. The van der Waals surface area contributed by atoms with Crippen molar-refractivity contribution in [2.75, 3.05) is 19.7 Å². The van der Waals surface area contributed by atoms with Gasteiger partial charge >= 0.3 is 11.9 Å². The minimum Gasteiger partial charge on any atom is -0.508 e. The molecule has 2 aromatic carbocycles. The largest absolute Gasteiger partial charge is 0.508 e. The Balaban J connectivity index is 1.64. The number of phenolic OH excluding ortho intramolecular Hbond substituents is 1. The zero-order valence-electron chi connectivity index (χ0n) is 47.4. The lowest BCUT2D eigenvalue weighted by atomic mass is 10.00. The van der Waals surface area contributed by atoms with Gasteiger partial charge in [0.05, 0.1) is 31.7 Å². The number of carbonyl (C=O) groups is 13. The fourth-order valence-corrected chi connectivity index (χ4v) is 8.60. The number of hydrogen-bond donors (Lipinski definition) is 16. The number of carboxylic acids is 2. The SMILES string of the molecule is CC(C)[C@H](NC(=O)[C@@H](CC(N)=O)NC(=O)[C@@H](NC(=O)[C@@H]1CCCN1C(=O)[C@@H](NC(=O)[C@@H](N)Cc1ccc(O)cc1)C(C)C)[C@@H](C)O)C(=O)NCC(=O)N[C@@H](CO)C(=O)N[C@@H](CCC(=O)O)C(=O)N[C@@H](C)C(=O)N[C@@H](Cc1ccccc1)C(=O)O. The summed E-state index contributed by atoms with van der Waals surface area (Å²) in [7, 11) is 0. The van der Waals surface area contributed by atoms with Crippen LogP contribution in [-0.4, -0.2) is 194 Å². The van der Waals surface area contributed by atoms with Gasteiger partial charge in [0.2, 0.25) is 65.0 Å². The molecule has 1 saturated heterocycles. The van der Waals surface area contributed by atoms with Crippen molar-refractivity contribution in [3.63, 3.8) is 0 Å². The van der Waals surface area contributed by atoms with Crippen LogP contribution >= 0.6 is 0 Å². The Morgan fingerprint density at radius 2 is 1.17 bits per heavy atom. The van der Waals surface area contributed by atoms with E-state index in [1.807, 2.05) is 0 Å². The van der Waals surface area contributed by atoms with Crippen molar-refractivity contribution in [3.8, 4) is 5.75 Å². The molecule has 30 nitrogen and oxygen atoms in total. The molecule has 0 aromatic heterocycles. The van der Waals surface area contributed by atoms with Gasteiger partial charge in [-0.3, -0.25) is 57.5 Å². The second kappa shape index (κ2) is 33.4. The summed E-state index contributed by atoms with van der Waals surface area (Å²) < 4.78 is 0. The van der Waals surface area contributed by atoms with Crippen molar-refractivity contribution in [2.45, 2.75) is 153 Å². The predicted octanol–water partition coefficient (Wildman–Crippen LogP) is -4.98. The molecule has 1 aliphatic rings. The molecule has 0 saturated carbocycles. The van der Waals surface area contributed by atoms with E-state index >= 15 is 0 Å². The second-order valence-corrected chi connectivity index (χ2v) is 20.9. The maximum absolute atomic E-state index is 14.0. The number of aromatic hydroxyl groups is 1. The third kappa shape index (κ3) is 22.2. The van der Waals surface area contributed by atoms with E-state index in [0.29, 0.717) is 17.5 Å². The zero-order chi connectivity index (χ0) is 63.1. The van der Waals surface area contributed by atoms with Gasteiger partial charge in [0, 0.05) is 19.4 Å². The van der Waals surface area contributed by atoms with Crippen LogP contribution in [0.4, 0.5) is 0 Å². The predicted molar refractivity (Wildman–Crippen MR) is 296 cm³/mol. The number of primary amides is 1. The van der Waals surface area contributed by atoms with Gasteiger partial charge in [0.15, 0.2) is 0 Å². The molecule has 11 atom stereocenters. The number of aliphatic hydroxyl groups excluding tert-OH is 2. The number of benzene rings is 2. The highest BCUT2D eigenvalue weighted by atomic mass is 16.4. The Labute approximate surface area is 483 Å². The van der Waals surface area contributed by atoms with Gasteiger partial charge in [-0.2, -0.15) is 0 Å². The molecule has 0 radical (unpaired) electrons. The summed E-state index contributed by atoms with van der Waals surface area (Å²) in [6, 6.07) is -0.461. The van der Waals surface area contributed by atoms with E-state index in [9.17, 15) is 87.9 Å². The minimum atomic E-state index is -1.83. The Kier molecular flexibility index (Phi) is 27.6. The number of aliphatic hydroxyl groups is 2. The van der Waals surface area contributed by atoms with Crippen molar-refractivity contribution in [2.24, 2.45) is 23.3 Å². The maximum Gasteiger partial charge on any atom is 0.326 e. The summed E-state index contributed by atoms with van der Waals surface area (Å²) in [5.74, 6) is -14.9. The molecule has 0 bridgehead atoms. The first-order chi connectivity index (χ1) is 39.4. The number of likely N-dealkylation sites (tertiary alicyclic amines) is 1. The number of nitrogens with two attached hydrogens (primary N) is 2. The molecule has 2 aromatic rings. The van der Waals surface area contributed by atoms with Gasteiger partial charge in [0.1, 0.15) is 60.1 Å². The van der Waals surface area contributed by atoms with Gasteiger partial charge in [-0.1, -0.05) is 70.2 Å². The van der Waals surface area contributed by atoms with Crippen LogP contribution < -0.4 is 59.3 Å². The average molecular weight is 1180 g/mol. The molecule has 0 spiro atoms. The van der Waals surface area contributed by atoms with Crippen LogP contribution in [0.15, 0.2) is 54.6 Å². The van der Waals surface area contributed by atoms with Crippen LogP contribution in [0.3, 0.4) is 0 Å². The van der Waals surface area contributed by atoms with Crippen molar-refractivity contribution >= 4 is 76.9 Å². The highest BCUT2D eigenvalue weighted by Crippen LogP contribution is 2.22. The number of carbonyl (C=O) groups excluding carboxylic acids is 11. The van der Waals surface area contributed by atoms with Crippen LogP contribution in [0.2, 0.25) is 0 Å². The van der Waals surface area contributed by atoms with Gasteiger partial charge < -0.3 is 89.8 Å². The third-order valence-corrected chi connectivity index (χ3v) is 13.3. The van der Waals surface area contributed by atoms with E-state index < -0.39 is 188 Å². The smallest absolute Gasteiger partial charge is 0.326 e. The van der Waals surface area contributed by atoms with Crippen LogP contribution in [0.1, 0.15) is 84.8 Å². The monoisotopic (exact) mass is 1180 g/mol. The number of amides is 11. The maximum atomic E-state index is 14.0. The fourth-order valence-electron chi connectivity index (χ4n) is 8.60. The number of aliphatic carboxylic acids is 2. The van der Waals surface area contributed by atoms with Crippen molar-refractivity contribution in [3.05, 3.63) is 65.7 Å². The third-order valence-electron chi connectivity index (χ3n) is 13.3. The second-order valence-electron chi connectivity index (χ2n) is 20.9. The number of rotatable bonds is 33. The first-order valence-corrected chi connectivity index (χ1v) is 27.0.